The molecule has 0 bridgehead atoms. The lowest BCUT2D eigenvalue weighted by Gasteiger charge is -2.46. The van der Waals surface area contributed by atoms with Crippen LogP contribution in [0.2, 0.25) is 0 Å². The second-order valence-electron chi connectivity index (χ2n) is 35.0. The molecule has 0 unspecified atom stereocenters. The number of hydrogen-bond acceptors (Lipinski definition) is 4. The second-order valence-corrected chi connectivity index (χ2v) is 36.1. The van der Waals surface area contributed by atoms with Crippen molar-refractivity contribution in [1.29, 1.82) is 0 Å². The van der Waals surface area contributed by atoms with Crippen LogP contribution >= 0.6 is 11.3 Å². The number of fused-ring (bicyclic) bond motifs is 16. The van der Waals surface area contributed by atoms with Crippen LogP contribution in [0.3, 0.4) is 0 Å². The number of para-hydroxylation sites is 4. The zero-order valence-corrected chi connectivity index (χ0v) is 66.3. The van der Waals surface area contributed by atoms with Gasteiger partial charge < -0.3 is 23.4 Å². The van der Waals surface area contributed by atoms with Crippen LogP contribution < -0.4 is 26.2 Å². The fraction of sp³-hybridized carbons (Fsp3) is 0.151. The number of anilines is 6. The van der Waals surface area contributed by atoms with Gasteiger partial charge in [-0.3, -0.25) is 0 Å². The highest BCUT2D eigenvalue weighted by atomic mass is 32.1. The molecule has 6 heterocycles. The largest absolute Gasteiger partial charge is 0.456 e. The van der Waals surface area contributed by atoms with Gasteiger partial charge in [-0.15, -0.1) is 11.3 Å². The van der Waals surface area contributed by atoms with Gasteiger partial charge in [-0.1, -0.05) is 277 Å². The maximum atomic E-state index is 10.4. The molecule has 0 N–H and O–H groups in total. The molecular weight excluding hydrogens is 1390 g/mol. The average Bonchev–Trinajstić information content (AvgIpc) is 1.35. The third-order valence-corrected chi connectivity index (χ3v) is 25.1. The molecule has 0 radical (unpaired) electrons. The minimum absolute atomic E-state index is 0.00928. The molecule has 2 aliphatic heterocycles. The molecule has 0 saturated heterocycles. The van der Waals surface area contributed by atoms with Crippen LogP contribution in [0, 0.1) is 0 Å². The number of rotatable bonds is 8. The van der Waals surface area contributed by atoms with E-state index in [9.17, 15) is 11.0 Å². The Kier molecular flexibility index (Phi) is 13.4. The van der Waals surface area contributed by atoms with Crippen LogP contribution in [0.15, 0.2) is 314 Å². The minimum atomic E-state index is -0.540. The highest BCUT2D eigenvalue weighted by molar-refractivity contribution is 7.26. The Morgan fingerprint density at radius 3 is 1.37 bits per heavy atom. The maximum Gasteiger partial charge on any atom is 0.252 e. The van der Waals surface area contributed by atoms with Crippen LogP contribution in [-0.4, -0.2) is 15.8 Å². The van der Waals surface area contributed by atoms with E-state index in [1.165, 1.54) is 11.1 Å². The number of furan rings is 1. The summed E-state index contributed by atoms with van der Waals surface area (Å²) in [7, 11) is 0. The van der Waals surface area contributed by atoms with Gasteiger partial charge in [0.25, 0.3) is 6.71 Å². The van der Waals surface area contributed by atoms with E-state index >= 15 is 0 Å². The number of hydrogen-bond donors (Lipinski definition) is 0. The molecule has 0 fully saturated rings. The number of aromatic nitrogens is 2. The molecular formula is C106H87BN4OS. The Morgan fingerprint density at radius 2 is 0.770 bits per heavy atom. The van der Waals surface area contributed by atoms with Crippen LogP contribution in [-0.2, 0) is 21.7 Å². The average molecular weight is 1480 g/mol. The summed E-state index contributed by atoms with van der Waals surface area (Å²) in [6.07, 6.45) is 0. The van der Waals surface area contributed by atoms with Gasteiger partial charge in [-0.2, -0.15) is 0 Å². The van der Waals surface area contributed by atoms with Crippen molar-refractivity contribution in [3.05, 3.63) is 331 Å². The van der Waals surface area contributed by atoms with Crippen molar-refractivity contribution in [3.8, 4) is 55.9 Å². The van der Waals surface area contributed by atoms with Gasteiger partial charge in [0.15, 0.2) is 0 Å². The summed E-state index contributed by atoms with van der Waals surface area (Å²) < 4.78 is 92.4. The van der Waals surface area contributed by atoms with Gasteiger partial charge in [0.1, 0.15) is 11.2 Å². The van der Waals surface area contributed by atoms with Crippen molar-refractivity contribution >= 4 is 154 Å². The summed E-state index contributed by atoms with van der Waals surface area (Å²) in [5.41, 5.74) is 24.1. The van der Waals surface area contributed by atoms with Gasteiger partial charge >= 0.3 is 0 Å². The normalized spacial score (nSPS) is 14.2. The Balaban J connectivity index is 1.00. The molecule has 15 aromatic carbocycles. The molecule has 7 heteroatoms. The van der Waals surface area contributed by atoms with Gasteiger partial charge in [-0.25, -0.2) is 0 Å². The molecule has 546 valence electrons. The first-order valence-electron chi connectivity index (χ1n) is 43.3. The van der Waals surface area contributed by atoms with E-state index in [4.69, 9.17) is 4.42 Å². The van der Waals surface area contributed by atoms with Crippen molar-refractivity contribution in [2.24, 2.45) is 0 Å². The topological polar surface area (TPSA) is 29.5 Å². The first kappa shape index (κ1) is 60.3. The highest BCUT2D eigenvalue weighted by Gasteiger charge is 2.47. The predicted octanol–water partition coefficient (Wildman–Crippen LogP) is 28.1. The summed E-state index contributed by atoms with van der Waals surface area (Å²) in [6.45, 7) is 26.8. The molecule has 4 aromatic heterocycles. The lowest BCUT2D eigenvalue weighted by molar-refractivity contribution is 0.590. The quantitative estimate of drug-likeness (QED) is 0.142. The first-order chi connectivity index (χ1) is 57.9. The molecule has 113 heavy (non-hydrogen) atoms. The molecule has 21 rings (SSSR count). The minimum Gasteiger partial charge on any atom is -0.456 e. The van der Waals surface area contributed by atoms with Crippen molar-refractivity contribution in [1.82, 2.24) is 9.13 Å². The molecule has 5 nitrogen and oxygen atoms in total. The second kappa shape index (κ2) is 25.0. The maximum absolute atomic E-state index is 10.4. The molecule has 0 amide bonds. The van der Waals surface area contributed by atoms with Crippen molar-refractivity contribution < 1.29 is 15.4 Å². The first-order valence-corrected chi connectivity index (χ1v) is 40.2. The zero-order chi connectivity index (χ0) is 83.8. The van der Waals surface area contributed by atoms with Crippen LogP contribution in [0.25, 0.3) is 142 Å². The molecule has 0 spiro atoms. The van der Waals surface area contributed by atoms with E-state index in [2.05, 4.69) is 346 Å². The summed E-state index contributed by atoms with van der Waals surface area (Å²) in [6, 6.07) is 91.6. The third-order valence-electron chi connectivity index (χ3n) is 23.9. The molecule has 19 aromatic rings. The SMILES string of the molecule is [2H]c1c([2H])c([2H])c2c(c1[2H])c1c([2H])c([2H])c([2H])c([2H])c1n2-c1cc2c3c(c1)N(c1c(-c4cccc5oc6ccccc6c45)cc(C(C)(C)C)cc1-c1cccc4sc5ccccc5c14)c1ccccc1B3c1ccc(-n3c4ccc(C(C)(C)C)cc4c4cc(C(C)(C)C)ccc43)cc1N2c1c(-c2ccccc2)cc(C(C)(C)C)cc1-c1ccccc1. The fourth-order valence-corrected chi connectivity index (χ4v) is 19.4. The van der Waals surface area contributed by atoms with Crippen molar-refractivity contribution in [2.75, 3.05) is 9.80 Å². The van der Waals surface area contributed by atoms with Crippen LogP contribution in [0.4, 0.5) is 34.1 Å². The van der Waals surface area contributed by atoms with E-state index in [1.807, 2.05) is 12.1 Å². The number of benzene rings is 15. The van der Waals surface area contributed by atoms with E-state index in [1.54, 1.807) is 15.9 Å². The Hall–Kier alpha value is -12.4. The number of nitrogens with zero attached hydrogens (tertiary/aromatic N) is 4. The Bertz CT molecular complexity index is 7360. The lowest BCUT2D eigenvalue weighted by atomic mass is 9.33. The monoisotopic (exact) mass is 1480 g/mol. The van der Waals surface area contributed by atoms with Crippen LogP contribution in [0.5, 0.6) is 0 Å². The van der Waals surface area contributed by atoms with Gasteiger partial charge in [0, 0.05) is 103 Å². The zero-order valence-electron chi connectivity index (χ0n) is 73.5. The smallest absolute Gasteiger partial charge is 0.252 e. The lowest BCUT2D eigenvalue weighted by Crippen LogP contribution is -2.61. The van der Waals surface area contributed by atoms with Crippen molar-refractivity contribution in [2.45, 2.75) is 105 Å². The molecule has 0 saturated carbocycles. The summed E-state index contributed by atoms with van der Waals surface area (Å²) in [4.78, 5) is 4.97. The van der Waals surface area contributed by atoms with E-state index in [0.717, 1.165) is 176 Å². The van der Waals surface area contributed by atoms with Gasteiger partial charge in [0.2, 0.25) is 0 Å². The molecule has 0 aliphatic carbocycles. The standard InChI is InChI=1S/C106H87BN4OS/c1-103(2,3)66-49-53-88-80(55-66)81-56-67(104(4,5)6)50-54-89(81)108(88)70-51-52-85-91(61-70)111(101-78(64-31-15-13-16-32-64)57-68(105(7,8)9)58-79(101)65-33-17-14-18-34-65)93-63-71(109-86-42-24-19-35-72(86)73-36-20-25-43-87(73)109)62-92-100(93)107(85)84-41-23-26-44-90(84)110(92)102-82(74-39-29-46-95-98(74)76-37-21-27-45-94(76)112-95)59-69(106(10,11)12)60-83(102)75-40-30-48-97-99(75)77-38-22-28-47-96(77)113-97/h13-63H,1-12H3/i19D,20D,24D,25D,35D,36D,42D,43D. The summed E-state index contributed by atoms with van der Waals surface area (Å²) in [5, 5.41) is 6.42. The van der Waals surface area contributed by atoms with Crippen LogP contribution in [0.1, 0.15) is 116 Å². The predicted molar refractivity (Wildman–Crippen MR) is 486 cm³/mol. The molecule has 0 atom stereocenters. The highest BCUT2D eigenvalue weighted by Crippen LogP contribution is 2.58. The Morgan fingerprint density at radius 1 is 0.310 bits per heavy atom. The number of thiophene rings is 1. The fourth-order valence-electron chi connectivity index (χ4n) is 18.3. The summed E-state index contributed by atoms with van der Waals surface area (Å²) in [5.74, 6) is 0. The van der Waals surface area contributed by atoms with Gasteiger partial charge in [-0.05, 0) is 198 Å². The summed E-state index contributed by atoms with van der Waals surface area (Å²) >= 11 is 1.78. The van der Waals surface area contributed by atoms with Gasteiger partial charge in [0.05, 0.1) is 50.1 Å². The Labute approximate surface area is 676 Å². The third kappa shape index (κ3) is 10.7. The molecule has 2 aliphatic rings. The van der Waals surface area contributed by atoms with Crippen molar-refractivity contribution in [3.63, 3.8) is 0 Å². The van der Waals surface area contributed by atoms with E-state index in [-0.39, 0.29) is 38.1 Å². The van der Waals surface area contributed by atoms with E-state index < -0.39 is 60.5 Å². The van der Waals surface area contributed by atoms with E-state index in [0.29, 0.717) is 5.69 Å².